The molecule has 0 spiro atoms. The van der Waals surface area contributed by atoms with E-state index in [9.17, 15) is 0 Å². The van der Waals surface area contributed by atoms with Crippen molar-refractivity contribution in [1.29, 1.82) is 0 Å². The van der Waals surface area contributed by atoms with Crippen molar-refractivity contribution in [3.63, 3.8) is 0 Å². The first kappa shape index (κ1) is 11.8. The average molecular weight is 228 g/mol. The average Bonchev–Trinajstić information content (AvgIpc) is 2.29. The molecule has 0 bridgehead atoms. The Morgan fingerprint density at radius 1 is 1.12 bits per heavy atom. The second-order valence-electron chi connectivity index (χ2n) is 4.88. The third-order valence-electron chi connectivity index (χ3n) is 3.41. The van der Waals surface area contributed by atoms with E-state index in [4.69, 9.17) is 11.5 Å². The van der Waals surface area contributed by atoms with Crippen LogP contribution in [0, 0.1) is 6.92 Å². The molecule has 0 radical (unpaired) electrons. The van der Waals surface area contributed by atoms with Crippen LogP contribution in [-0.4, -0.2) is 0 Å². The number of nitrogens with two attached hydrogens (primary N) is 2. The summed E-state index contributed by atoms with van der Waals surface area (Å²) in [6, 6.07) is 6.28. The number of nitrogen functional groups attached to an aromatic ring is 1. The molecule has 0 aromatic heterocycles. The van der Waals surface area contributed by atoms with E-state index in [0.29, 0.717) is 0 Å². The Labute approximate surface area is 103 Å². The van der Waals surface area contributed by atoms with Gasteiger partial charge in [0.1, 0.15) is 0 Å². The van der Waals surface area contributed by atoms with Crippen LogP contribution in [0.15, 0.2) is 41.1 Å². The summed E-state index contributed by atoms with van der Waals surface area (Å²) in [5, 5.41) is 0. The lowest BCUT2D eigenvalue weighted by Gasteiger charge is -2.16. The first-order valence-electron chi connectivity index (χ1n) is 6.06. The van der Waals surface area contributed by atoms with Gasteiger partial charge in [-0.3, -0.25) is 0 Å². The summed E-state index contributed by atoms with van der Waals surface area (Å²) >= 11 is 0. The number of anilines is 1. The Balaban J connectivity index is 2.17. The molecule has 0 amide bonds. The first-order valence-corrected chi connectivity index (χ1v) is 6.06. The highest BCUT2D eigenvalue weighted by molar-refractivity contribution is 5.48. The summed E-state index contributed by atoms with van der Waals surface area (Å²) in [6.45, 7) is 4.14. The van der Waals surface area contributed by atoms with Gasteiger partial charge in [-0.05, 0) is 55.9 Å². The third kappa shape index (κ3) is 2.70. The first-order chi connectivity index (χ1) is 8.06. The number of benzene rings is 1. The van der Waals surface area contributed by atoms with Gasteiger partial charge in [0.25, 0.3) is 0 Å². The molecule has 2 nitrogen and oxygen atoms in total. The molecule has 1 aromatic rings. The van der Waals surface area contributed by atoms with Crippen molar-refractivity contribution in [1.82, 2.24) is 0 Å². The van der Waals surface area contributed by atoms with Gasteiger partial charge in [0.05, 0.1) is 0 Å². The van der Waals surface area contributed by atoms with Crippen molar-refractivity contribution in [2.45, 2.75) is 33.1 Å². The lowest BCUT2D eigenvalue weighted by Crippen LogP contribution is -2.07. The topological polar surface area (TPSA) is 52.0 Å². The van der Waals surface area contributed by atoms with Gasteiger partial charge in [-0.25, -0.2) is 0 Å². The van der Waals surface area contributed by atoms with E-state index in [0.717, 1.165) is 36.2 Å². The van der Waals surface area contributed by atoms with Gasteiger partial charge in [0.2, 0.25) is 0 Å². The lowest BCUT2D eigenvalue weighted by molar-refractivity contribution is 0.843. The Hall–Kier alpha value is -1.70. The maximum absolute atomic E-state index is 5.90. The third-order valence-corrected chi connectivity index (χ3v) is 3.41. The molecule has 1 aliphatic carbocycles. The molecule has 0 fully saturated rings. The van der Waals surface area contributed by atoms with E-state index < -0.39 is 0 Å². The minimum Gasteiger partial charge on any atom is -0.402 e. The Morgan fingerprint density at radius 2 is 1.88 bits per heavy atom. The van der Waals surface area contributed by atoms with E-state index in [1.807, 2.05) is 6.07 Å². The SMILES string of the molecule is CC1=C(N)CCC(Cc2ccc(N)c(C)c2)=C1. The minimum atomic E-state index is 0.867. The van der Waals surface area contributed by atoms with Gasteiger partial charge in [-0.1, -0.05) is 23.8 Å². The Kier molecular flexibility index (Phi) is 3.23. The smallest absolute Gasteiger partial charge is 0.0343 e. The summed E-state index contributed by atoms with van der Waals surface area (Å²) in [7, 11) is 0. The fraction of sp³-hybridized carbons (Fsp3) is 0.333. The molecule has 4 N–H and O–H groups in total. The van der Waals surface area contributed by atoms with Gasteiger partial charge in [-0.15, -0.1) is 0 Å². The normalized spacial score (nSPS) is 16.0. The van der Waals surface area contributed by atoms with Crippen molar-refractivity contribution in [3.05, 3.63) is 52.2 Å². The van der Waals surface area contributed by atoms with Gasteiger partial charge in [-0.2, -0.15) is 0 Å². The van der Waals surface area contributed by atoms with Crippen LogP contribution in [-0.2, 0) is 6.42 Å². The molecule has 0 aliphatic heterocycles. The van der Waals surface area contributed by atoms with Crippen molar-refractivity contribution >= 4 is 5.69 Å². The van der Waals surface area contributed by atoms with Gasteiger partial charge < -0.3 is 11.5 Å². The predicted octanol–water partition coefficient (Wildman–Crippen LogP) is 3.07. The van der Waals surface area contributed by atoms with E-state index >= 15 is 0 Å². The number of hydrogen-bond acceptors (Lipinski definition) is 2. The largest absolute Gasteiger partial charge is 0.402 e. The monoisotopic (exact) mass is 228 g/mol. The number of allylic oxidation sites excluding steroid dienone is 4. The van der Waals surface area contributed by atoms with Crippen LogP contribution in [0.5, 0.6) is 0 Å². The van der Waals surface area contributed by atoms with Crippen LogP contribution in [0.4, 0.5) is 5.69 Å². The highest BCUT2D eigenvalue weighted by Crippen LogP contribution is 2.24. The van der Waals surface area contributed by atoms with Crippen LogP contribution < -0.4 is 11.5 Å². The zero-order valence-electron chi connectivity index (χ0n) is 10.6. The second kappa shape index (κ2) is 4.66. The fourth-order valence-electron chi connectivity index (χ4n) is 2.21. The molecule has 0 heterocycles. The van der Waals surface area contributed by atoms with Crippen molar-refractivity contribution in [2.75, 3.05) is 5.73 Å². The van der Waals surface area contributed by atoms with Crippen molar-refractivity contribution < 1.29 is 0 Å². The van der Waals surface area contributed by atoms with E-state index in [1.165, 1.54) is 16.7 Å². The van der Waals surface area contributed by atoms with Crippen LogP contribution in [0.2, 0.25) is 0 Å². The molecule has 0 saturated carbocycles. The van der Waals surface area contributed by atoms with Crippen LogP contribution in [0.25, 0.3) is 0 Å². The van der Waals surface area contributed by atoms with E-state index in [1.54, 1.807) is 0 Å². The summed E-state index contributed by atoms with van der Waals surface area (Å²) in [6.07, 6.45) is 5.30. The molecule has 0 saturated heterocycles. The van der Waals surface area contributed by atoms with Crippen molar-refractivity contribution in [3.8, 4) is 0 Å². The number of hydrogen-bond donors (Lipinski definition) is 2. The molecule has 17 heavy (non-hydrogen) atoms. The molecule has 90 valence electrons. The molecule has 1 aliphatic rings. The molecular weight excluding hydrogens is 208 g/mol. The zero-order chi connectivity index (χ0) is 12.4. The maximum atomic E-state index is 5.90. The Morgan fingerprint density at radius 3 is 2.53 bits per heavy atom. The van der Waals surface area contributed by atoms with E-state index in [2.05, 4.69) is 32.1 Å². The standard InChI is InChI=1S/C15H20N2/c1-10-7-12(3-5-14(10)16)9-13-4-6-15(17)11(2)8-13/h3,5,7-8H,4,6,9,16-17H2,1-2H3. The summed E-state index contributed by atoms with van der Waals surface area (Å²) in [5.74, 6) is 0. The molecule has 1 aromatic carbocycles. The minimum absolute atomic E-state index is 0.867. The summed E-state index contributed by atoms with van der Waals surface area (Å²) in [5.41, 5.74) is 18.8. The van der Waals surface area contributed by atoms with Crippen LogP contribution >= 0.6 is 0 Å². The lowest BCUT2D eigenvalue weighted by atomic mass is 9.92. The quantitative estimate of drug-likeness (QED) is 0.764. The molecular formula is C15H20N2. The number of aryl methyl sites for hydroxylation is 1. The molecule has 0 atom stereocenters. The zero-order valence-corrected chi connectivity index (χ0v) is 10.6. The van der Waals surface area contributed by atoms with Gasteiger partial charge >= 0.3 is 0 Å². The highest BCUT2D eigenvalue weighted by atomic mass is 14.6. The Bertz CT molecular complexity index is 496. The molecule has 0 unspecified atom stereocenters. The van der Waals surface area contributed by atoms with Gasteiger partial charge in [0, 0.05) is 11.4 Å². The predicted molar refractivity (Wildman–Crippen MR) is 73.5 cm³/mol. The fourth-order valence-corrected chi connectivity index (χ4v) is 2.21. The number of rotatable bonds is 2. The maximum Gasteiger partial charge on any atom is 0.0343 e. The molecule has 2 heteroatoms. The molecule has 2 rings (SSSR count). The summed E-state index contributed by atoms with van der Waals surface area (Å²) < 4.78 is 0. The second-order valence-corrected chi connectivity index (χ2v) is 4.88. The van der Waals surface area contributed by atoms with Crippen LogP contribution in [0.1, 0.15) is 30.9 Å². The summed E-state index contributed by atoms with van der Waals surface area (Å²) in [4.78, 5) is 0. The van der Waals surface area contributed by atoms with Crippen molar-refractivity contribution in [2.24, 2.45) is 5.73 Å². The van der Waals surface area contributed by atoms with E-state index in [-0.39, 0.29) is 0 Å². The van der Waals surface area contributed by atoms with Crippen LogP contribution in [0.3, 0.4) is 0 Å². The highest BCUT2D eigenvalue weighted by Gasteiger charge is 2.09. The van der Waals surface area contributed by atoms with Gasteiger partial charge in [0.15, 0.2) is 0 Å².